The molecular formula is C18H23N3O. The van der Waals surface area contributed by atoms with Crippen LogP contribution >= 0.6 is 0 Å². The van der Waals surface area contributed by atoms with Gasteiger partial charge in [0.25, 0.3) is 0 Å². The van der Waals surface area contributed by atoms with Crippen LogP contribution in [0.2, 0.25) is 0 Å². The summed E-state index contributed by atoms with van der Waals surface area (Å²) in [7, 11) is 0. The normalized spacial score (nSPS) is 17.9. The standard InChI is InChI=1S/C18H23N3O/c1-15-19-11-13-20(15)14-17-8-5-12-21(17)18(22)10-9-16-6-3-2-4-7-16/h2-4,6-7,11,13,17H,5,8-10,12,14H2,1H3. The minimum absolute atomic E-state index is 0.282. The summed E-state index contributed by atoms with van der Waals surface area (Å²) in [5.74, 6) is 1.30. The van der Waals surface area contributed by atoms with Crippen molar-refractivity contribution in [2.45, 2.75) is 45.2 Å². The number of carbonyl (C=O) groups is 1. The Morgan fingerprint density at radius 3 is 2.86 bits per heavy atom. The summed E-state index contributed by atoms with van der Waals surface area (Å²) in [4.78, 5) is 18.9. The highest BCUT2D eigenvalue weighted by Crippen LogP contribution is 2.21. The maximum Gasteiger partial charge on any atom is 0.223 e. The van der Waals surface area contributed by atoms with Crippen LogP contribution in [0, 0.1) is 6.92 Å². The predicted octanol–water partition coefficient (Wildman–Crippen LogP) is 2.82. The van der Waals surface area contributed by atoms with Crippen molar-refractivity contribution < 1.29 is 4.79 Å². The molecule has 4 heteroatoms. The van der Waals surface area contributed by atoms with Gasteiger partial charge in [-0.05, 0) is 31.7 Å². The Balaban J connectivity index is 1.58. The third-order valence-electron chi connectivity index (χ3n) is 4.50. The van der Waals surface area contributed by atoms with E-state index in [0.29, 0.717) is 12.5 Å². The molecule has 1 aromatic carbocycles. The molecular weight excluding hydrogens is 274 g/mol. The maximum atomic E-state index is 12.5. The quantitative estimate of drug-likeness (QED) is 0.851. The largest absolute Gasteiger partial charge is 0.338 e. The number of aromatic nitrogens is 2. The van der Waals surface area contributed by atoms with E-state index in [4.69, 9.17) is 0 Å². The Bertz CT molecular complexity index is 620. The molecule has 22 heavy (non-hydrogen) atoms. The van der Waals surface area contributed by atoms with Crippen molar-refractivity contribution in [1.82, 2.24) is 14.5 Å². The zero-order valence-electron chi connectivity index (χ0n) is 13.1. The number of amides is 1. The van der Waals surface area contributed by atoms with E-state index in [1.54, 1.807) is 0 Å². The third-order valence-corrected chi connectivity index (χ3v) is 4.50. The van der Waals surface area contributed by atoms with Crippen LogP contribution in [-0.2, 0) is 17.8 Å². The topological polar surface area (TPSA) is 38.1 Å². The second-order valence-corrected chi connectivity index (χ2v) is 6.00. The number of carbonyl (C=O) groups excluding carboxylic acids is 1. The number of imidazole rings is 1. The fourth-order valence-electron chi connectivity index (χ4n) is 3.22. The first-order chi connectivity index (χ1) is 10.7. The molecule has 0 aliphatic carbocycles. The van der Waals surface area contributed by atoms with Gasteiger partial charge in [0, 0.05) is 37.9 Å². The molecule has 1 aliphatic rings. The van der Waals surface area contributed by atoms with Crippen molar-refractivity contribution in [3.8, 4) is 0 Å². The highest BCUT2D eigenvalue weighted by molar-refractivity contribution is 5.77. The SMILES string of the molecule is Cc1nccn1CC1CCCN1C(=O)CCc1ccccc1. The number of benzene rings is 1. The number of hydrogen-bond acceptors (Lipinski definition) is 2. The molecule has 2 heterocycles. The number of hydrogen-bond donors (Lipinski definition) is 0. The molecule has 1 amide bonds. The van der Waals surface area contributed by atoms with E-state index < -0.39 is 0 Å². The van der Waals surface area contributed by atoms with Crippen LogP contribution in [0.3, 0.4) is 0 Å². The lowest BCUT2D eigenvalue weighted by atomic mass is 10.1. The summed E-state index contributed by atoms with van der Waals surface area (Å²) in [6.45, 7) is 3.77. The van der Waals surface area contributed by atoms with Crippen molar-refractivity contribution >= 4 is 5.91 Å². The number of aryl methyl sites for hydroxylation is 2. The fraction of sp³-hybridized carbons (Fsp3) is 0.444. The van der Waals surface area contributed by atoms with E-state index in [-0.39, 0.29) is 5.91 Å². The summed E-state index contributed by atoms with van der Waals surface area (Å²) >= 11 is 0. The second-order valence-electron chi connectivity index (χ2n) is 6.00. The van der Waals surface area contributed by atoms with Gasteiger partial charge in [-0.15, -0.1) is 0 Å². The predicted molar refractivity (Wildman–Crippen MR) is 86.5 cm³/mol. The number of likely N-dealkylation sites (tertiary alicyclic amines) is 1. The van der Waals surface area contributed by atoms with E-state index in [1.165, 1.54) is 5.56 Å². The van der Waals surface area contributed by atoms with Gasteiger partial charge in [0.15, 0.2) is 0 Å². The zero-order chi connectivity index (χ0) is 15.4. The zero-order valence-corrected chi connectivity index (χ0v) is 13.1. The lowest BCUT2D eigenvalue weighted by Crippen LogP contribution is -2.38. The van der Waals surface area contributed by atoms with Gasteiger partial charge in [-0.1, -0.05) is 30.3 Å². The van der Waals surface area contributed by atoms with Crippen LogP contribution in [0.15, 0.2) is 42.7 Å². The van der Waals surface area contributed by atoms with Gasteiger partial charge in [0.2, 0.25) is 5.91 Å². The summed E-state index contributed by atoms with van der Waals surface area (Å²) in [5.41, 5.74) is 1.23. The molecule has 1 saturated heterocycles. The average Bonchev–Trinajstić information content (AvgIpc) is 3.16. The van der Waals surface area contributed by atoms with Gasteiger partial charge in [0.05, 0.1) is 0 Å². The Kier molecular flexibility index (Phi) is 4.56. The van der Waals surface area contributed by atoms with Gasteiger partial charge < -0.3 is 9.47 Å². The average molecular weight is 297 g/mol. The molecule has 0 N–H and O–H groups in total. The van der Waals surface area contributed by atoms with Crippen molar-refractivity contribution in [3.05, 3.63) is 54.1 Å². The number of rotatable bonds is 5. The van der Waals surface area contributed by atoms with E-state index in [0.717, 1.165) is 38.2 Å². The van der Waals surface area contributed by atoms with Crippen LogP contribution in [0.1, 0.15) is 30.7 Å². The molecule has 1 fully saturated rings. The monoisotopic (exact) mass is 297 g/mol. The molecule has 3 rings (SSSR count). The molecule has 1 aromatic heterocycles. The molecule has 0 bridgehead atoms. The van der Waals surface area contributed by atoms with Gasteiger partial charge in [0.1, 0.15) is 5.82 Å². The molecule has 0 spiro atoms. The third kappa shape index (κ3) is 3.38. The van der Waals surface area contributed by atoms with E-state index in [2.05, 4.69) is 26.6 Å². The second kappa shape index (κ2) is 6.77. The molecule has 116 valence electrons. The smallest absolute Gasteiger partial charge is 0.223 e. The van der Waals surface area contributed by atoms with Gasteiger partial charge >= 0.3 is 0 Å². The first-order valence-electron chi connectivity index (χ1n) is 8.05. The Labute approximate surface area is 131 Å². The lowest BCUT2D eigenvalue weighted by molar-refractivity contribution is -0.132. The summed E-state index contributed by atoms with van der Waals surface area (Å²) in [6.07, 6.45) is 7.45. The van der Waals surface area contributed by atoms with Gasteiger partial charge in [-0.25, -0.2) is 4.98 Å². The highest BCUT2D eigenvalue weighted by atomic mass is 16.2. The fourth-order valence-corrected chi connectivity index (χ4v) is 3.22. The van der Waals surface area contributed by atoms with Crippen molar-refractivity contribution in [2.75, 3.05) is 6.54 Å². The first kappa shape index (κ1) is 14.8. The molecule has 1 atom stereocenters. The van der Waals surface area contributed by atoms with Crippen LogP contribution < -0.4 is 0 Å². The molecule has 1 aliphatic heterocycles. The van der Waals surface area contributed by atoms with Crippen molar-refractivity contribution in [1.29, 1.82) is 0 Å². The summed E-state index contributed by atoms with van der Waals surface area (Å²) in [5, 5.41) is 0. The summed E-state index contributed by atoms with van der Waals surface area (Å²) in [6, 6.07) is 10.6. The minimum Gasteiger partial charge on any atom is -0.338 e. The van der Waals surface area contributed by atoms with E-state index in [1.807, 2.05) is 37.5 Å². The van der Waals surface area contributed by atoms with Crippen LogP contribution in [0.4, 0.5) is 0 Å². The Hall–Kier alpha value is -2.10. The first-order valence-corrected chi connectivity index (χ1v) is 8.05. The van der Waals surface area contributed by atoms with Gasteiger partial charge in [-0.3, -0.25) is 4.79 Å². The molecule has 0 radical (unpaired) electrons. The number of nitrogens with zero attached hydrogens (tertiary/aromatic N) is 3. The molecule has 4 nitrogen and oxygen atoms in total. The molecule has 0 saturated carbocycles. The molecule has 2 aromatic rings. The van der Waals surface area contributed by atoms with Gasteiger partial charge in [-0.2, -0.15) is 0 Å². The van der Waals surface area contributed by atoms with E-state index in [9.17, 15) is 4.79 Å². The summed E-state index contributed by atoms with van der Waals surface area (Å²) < 4.78 is 2.15. The van der Waals surface area contributed by atoms with Crippen LogP contribution in [0.5, 0.6) is 0 Å². The van der Waals surface area contributed by atoms with E-state index >= 15 is 0 Å². The minimum atomic E-state index is 0.282. The Morgan fingerprint density at radius 1 is 1.32 bits per heavy atom. The van der Waals surface area contributed by atoms with Crippen LogP contribution in [0.25, 0.3) is 0 Å². The van der Waals surface area contributed by atoms with Crippen LogP contribution in [-0.4, -0.2) is 32.9 Å². The highest BCUT2D eigenvalue weighted by Gasteiger charge is 2.28. The lowest BCUT2D eigenvalue weighted by Gasteiger charge is -2.25. The van der Waals surface area contributed by atoms with Crippen molar-refractivity contribution in [2.24, 2.45) is 0 Å². The van der Waals surface area contributed by atoms with Crippen molar-refractivity contribution in [3.63, 3.8) is 0 Å². The molecule has 1 unspecified atom stereocenters. The Morgan fingerprint density at radius 2 is 2.14 bits per heavy atom. The maximum absolute atomic E-state index is 12.5.